The molecule has 0 aliphatic heterocycles. The smallest absolute Gasteiger partial charge is 0.127 e. The molecule has 2 aromatic carbocycles. The largest absolute Gasteiger partial charge is 0.768 e. The van der Waals surface area contributed by atoms with Crippen LogP contribution in [0.15, 0.2) is 53.4 Å². The molecule has 0 fully saturated rings. The molecule has 0 radical (unpaired) electrons. The third-order valence-electron chi connectivity index (χ3n) is 2.13. The number of anilines is 1. The first-order chi connectivity index (χ1) is 8.15. The average molecular weight is 248 g/mol. The van der Waals surface area contributed by atoms with Gasteiger partial charge in [-0.15, -0.1) is 0 Å². The van der Waals surface area contributed by atoms with Crippen LogP contribution in [-0.4, -0.2) is 8.76 Å². The molecule has 5 heteroatoms. The van der Waals surface area contributed by atoms with Crippen molar-refractivity contribution in [3.8, 4) is 11.5 Å². The van der Waals surface area contributed by atoms with Crippen LogP contribution in [-0.2, 0) is 11.1 Å². The van der Waals surface area contributed by atoms with Crippen LogP contribution in [0.25, 0.3) is 0 Å². The molecule has 0 amide bonds. The summed E-state index contributed by atoms with van der Waals surface area (Å²) < 4.78 is 26.8. The lowest BCUT2D eigenvalue weighted by atomic mass is 10.3. The minimum Gasteiger partial charge on any atom is -0.768 e. The summed E-state index contributed by atoms with van der Waals surface area (Å²) in [7, 11) is 0. The van der Waals surface area contributed by atoms with Crippen LogP contribution in [0.2, 0.25) is 0 Å². The quantitative estimate of drug-likeness (QED) is 0.668. The Morgan fingerprint density at radius 2 is 1.41 bits per heavy atom. The van der Waals surface area contributed by atoms with Crippen molar-refractivity contribution < 1.29 is 13.5 Å². The standard InChI is InChI=1S/C12H11NO3S/c13-9-1-3-10(4-2-9)16-11-5-7-12(8-6-11)17(14)15/h1-8H,13H2,(H,14,15)/p-1. The van der Waals surface area contributed by atoms with Crippen LogP contribution < -0.4 is 10.5 Å². The molecular formula is C12H10NO3S-. The molecule has 0 bridgehead atoms. The van der Waals surface area contributed by atoms with E-state index >= 15 is 0 Å². The Morgan fingerprint density at radius 3 is 1.88 bits per heavy atom. The van der Waals surface area contributed by atoms with E-state index in [4.69, 9.17) is 10.5 Å². The van der Waals surface area contributed by atoms with E-state index in [0.29, 0.717) is 17.2 Å². The third kappa shape index (κ3) is 3.05. The van der Waals surface area contributed by atoms with Crippen molar-refractivity contribution in [2.45, 2.75) is 4.90 Å². The van der Waals surface area contributed by atoms with Gasteiger partial charge in [0.15, 0.2) is 0 Å². The highest BCUT2D eigenvalue weighted by molar-refractivity contribution is 7.79. The average Bonchev–Trinajstić information content (AvgIpc) is 2.33. The van der Waals surface area contributed by atoms with Gasteiger partial charge in [0.05, 0.1) is 0 Å². The normalized spacial score (nSPS) is 12.1. The molecule has 0 spiro atoms. The SMILES string of the molecule is Nc1ccc(Oc2ccc(S(=O)[O-])cc2)cc1. The zero-order valence-corrected chi connectivity index (χ0v) is 9.65. The van der Waals surface area contributed by atoms with Crippen molar-refractivity contribution in [3.05, 3.63) is 48.5 Å². The zero-order valence-electron chi connectivity index (χ0n) is 8.83. The minimum absolute atomic E-state index is 0.231. The van der Waals surface area contributed by atoms with Crippen LogP contribution in [0, 0.1) is 0 Å². The molecule has 0 saturated carbocycles. The number of benzene rings is 2. The molecule has 1 atom stereocenters. The van der Waals surface area contributed by atoms with Crippen LogP contribution in [0.4, 0.5) is 5.69 Å². The van der Waals surface area contributed by atoms with Gasteiger partial charge in [-0.1, -0.05) is 0 Å². The van der Waals surface area contributed by atoms with Crippen LogP contribution in [0.1, 0.15) is 0 Å². The summed E-state index contributed by atoms with van der Waals surface area (Å²) in [6.45, 7) is 0. The second kappa shape index (κ2) is 4.99. The van der Waals surface area contributed by atoms with Crippen LogP contribution in [0.3, 0.4) is 0 Å². The molecule has 0 heterocycles. The highest BCUT2D eigenvalue weighted by Crippen LogP contribution is 2.22. The van der Waals surface area contributed by atoms with E-state index in [-0.39, 0.29) is 4.90 Å². The highest BCUT2D eigenvalue weighted by atomic mass is 32.2. The summed E-state index contributed by atoms with van der Waals surface area (Å²) >= 11 is -2.21. The van der Waals surface area contributed by atoms with E-state index in [2.05, 4.69) is 0 Å². The van der Waals surface area contributed by atoms with Gasteiger partial charge in [-0.25, -0.2) is 0 Å². The monoisotopic (exact) mass is 248 g/mol. The maximum atomic E-state index is 10.7. The molecule has 0 aliphatic rings. The molecule has 4 nitrogen and oxygen atoms in total. The Balaban J connectivity index is 2.13. The molecule has 17 heavy (non-hydrogen) atoms. The van der Waals surface area contributed by atoms with E-state index in [9.17, 15) is 8.76 Å². The predicted octanol–water partition coefficient (Wildman–Crippen LogP) is 2.30. The minimum atomic E-state index is -2.21. The number of rotatable bonds is 3. The van der Waals surface area contributed by atoms with E-state index < -0.39 is 11.1 Å². The van der Waals surface area contributed by atoms with Gasteiger partial charge in [-0.05, 0) is 59.6 Å². The summed E-state index contributed by atoms with van der Waals surface area (Å²) in [5, 5.41) is 0. The van der Waals surface area contributed by atoms with Crippen molar-refractivity contribution in [3.63, 3.8) is 0 Å². The van der Waals surface area contributed by atoms with Crippen molar-refractivity contribution in [2.24, 2.45) is 0 Å². The molecular weight excluding hydrogens is 238 g/mol. The van der Waals surface area contributed by atoms with Gasteiger partial charge in [0, 0.05) is 10.6 Å². The summed E-state index contributed by atoms with van der Waals surface area (Å²) in [5.41, 5.74) is 6.21. The first kappa shape index (κ1) is 11.6. The summed E-state index contributed by atoms with van der Waals surface area (Å²) in [5.74, 6) is 1.22. The van der Waals surface area contributed by atoms with Crippen LogP contribution >= 0.6 is 0 Å². The van der Waals surface area contributed by atoms with E-state index in [1.165, 1.54) is 12.1 Å². The van der Waals surface area contributed by atoms with Crippen molar-refractivity contribution in [2.75, 3.05) is 5.73 Å². The fourth-order valence-electron chi connectivity index (χ4n) is 1.29. The summed E-state index contributed by atoms with van der Waals surface area (Å²) in [4.78, 5) is 0.231. The Hall–Kier alpha value is -1.85. The molecule has 88 valence electrons. The number of hydrogen-bond donors (Lipinski definition) is 1. The Kier molecular flexibility index (Phi) is 3.41. The van der Waals surface area contributed by atoms with Gasteiger partial charge in [-0.3, -0.25) is 4.21 Å². The molecule has 2 rings (SSSR count). The zero-order chi connectivity index (χ0) is 12.3. The van der Waals surface area contributed by atoms with Gasteiger partial charge >= 0.3 is 0 Å². The van der Waals surface area contributed by atoms with E-state index in [0.717, 1.165) is 0 Å². The van der Waals surface area contributed by atoms with Gasteiger partial charge in [0.25, 0.3) is 0 Å². The maximum absolute atomic E-state index is 10.7. The lowest BCUT2D eigenvalue weighted by Gasteiger charge is -2.08. The Bertz CT molecular complexity index is 522. The number of hydrogen-bond acceptors (Lipinski definition) is 4. The lowest BCUT2D eigenvalue weighted by molar-refractivity contribution is 0.482. The van der Waals surface area contributed by atoms with E-state index in [1.807, 2.05) is 0 Å². The topological polar surface area (TPSA) is 75.4 Å². The molecule has 0 saturated heterocycles. The van der Waals surface area contributed by atoms with Gasteiger partial charge in [-0.2, -0.15) is 0 Å². The van der Waals surface area contributed by atoms with Gasteiger partial charge in [0.1, 0.15) is 11.5 Å². The molecule has 0 aliphatic carbocycles. The molecule has 2 N–H and O–H groups in total. The van der Waals surface area contributed by atoms with Crippen molar-refractivity contribution >= 4 is 16.8 Å². The highest BCUT2D eigenvalue weighted by Gasteiger charge is 1.98. The van der Waals surface area contributed by atoms with Gasteiger partial charge < -0.3 is 15.0 Å². The maximum Gasteiger partial charge on any atom is 0.127 e. The number of nitrogens with two attached hydrogens (primary N) is 1. The van der Waals surface area contributed by atoms with Crippen molar-refractivity contribution in [1.82, 2.24) is 0 Å². The first-order valence-electron chi connectivity index (χ1n) is 4.88. The number of ether oxygens (including phenoxy) is 1. The fraction of sp³-hybridized carbons (Fsp3) is 0. The van der Waals surface area contributed by atoms with Gasteiger partial charge in [0.2, 0.25) is 0 Å². The second-order valence-corrected chi connectivity index (χ2v) is 4.32. The molecule has 2 aromatic rings. The second-order valence-electron chi connectivity index (χ2n) is 3.38. The number of nitrogen functional groups attached to an aromatic ring is 1. The Morgan fingerprint density at radius 1 is 0.941 bits per heavy atom. The van der Waals surface area contributed by atoms with Crippen molar-refractivity contribution in [1.29, 1.82) is 0 Å². The molecule has 0 aromatic heterocycles. The third-order valence-corrected chi connectivity index (χ3v) is 2.79. The van der Waals surface area contributed by atoms with Crippen LogP contribution in [0.5, 0.6) is 11.5 Å². The van der Waals surface area contributed by atoms with E-state index in [1.54, 1.807) is 36.4 Å². The molecule has 1 unspecified atom stereocenters. The lowest BCUT2D eigenvalue weighted by Crippen LogP contribution is -1.89. The predicted molar refractivity (Wildman–Crippen MR) is 64.6 cm³/mol. The summed E-state index contributed by atoms with van der Waals surface area (Å²) in [6, 6.07) is 13.1. The fourth-order valence-corrected chi connectivity index (χ4v) is 1.65. The summed E-state index contributed by atoms with van der Waals surface area (Å²) in [6.07, 6.45) is 0. The Labute approximate surface area is 101 Å². The first-order valence-corrected chi connectivity index (χ1v) is 5.95.